The SMILES string of the molecule is N#CCOc1ccccc1-c1ccccc1C(N=NN)=Nc1ccccc1F. The topological polar surface area (TPSA) is 96.1 Å². The van der Waals surface area contributed by atoms with Gasteiger partial charge in [-0.05, 0) is 23.8 Å². The molecule has 6 nitrogen and oxygen atoms in total. The predicted octanol–water partition coefficient (Wildman–Crippen LogP) is 4.80. The molecule has 0 saturated heterocycles. The maximum Gasteiger partial charge on any atom is 0.184 e. The highest BCUT2D eigenvalue weighted by Gasteiger charge is 2.15. The van der Waals surface area contributed by atoms with Crippen LogP contribution in [0.25, 0.3) is 11.1 Å². The van der Waals surface area contributed by atoms with E-state index < -0.39 is 5.82 Å². The van der Waals surface area contributed by atoms with Crippen molar-refractivity contribution in [2.45, 2.75) is 0 Å². The third-order valence-electron chi connectivity index (χ3n) is 3.87. The second-order valence-electron chi connectivity index (χ2n) is 5.59. The van der Waals surface area contributed by atoms with E-state index in [9.17, 15) is 4.39 Å². The van der Waals surface area contributed by atoms with Crippen LogP contribution in [0, 0.1) is 17.1 Å². The fourth-order valence-electron chi connectivity index (χ4n) is 2.69. The quantitative estimate of drug-likeness (QED) is 0.229. The second kappa shape index (κ2) is 9.05. The van der Waals surface area contributed by atoms with Crippen LogP contribution in [0.1, 0.15) is 5.56 Å². The monoisotopic (exact) mass is 373 g/mol. The number of benzene rings is 3. The van der Waals surface area contributed by atoms with Gasteiger partial charge in [0.1, 0.15) is 23.3 Å². The summed E-state index contributed by atoms with van der Waals surface area (Å²) in [5.41, 5.74) is 2.18. The summed E-state index contributed by atoms with van der Waals surface area (Å²) in [7, 11) is 0. The lowest BCUT2D eigenvalue weighted by Gasteiger charge is -2.13. The van der Waals surface area contributed by atoms with Crippen LogP contribution in [-0.2, 0) is 0 Å². The molecule has 0 heterocycles. The lowest BCUT2D eigenvalue weighted by atomic mass is 9.98. The third-order valence-corrected chi connectivity index (χ3v) is 3.87. The lowest BCUT2D eigenvalue weighted by molar-refractivity contribution is 0.369. The fourth-order valence-corrected chi connectivity index (χ4v) is 2.69. The Kier molecular flexibility index (Phi) is 6.06. The van der Waals surface area contributed by atoms with Crippen molar-refractivity contribution in [2.75, 3.05) is 6.61 Å². The van der Waals surface area contributed by atoms with Crippen molar-refractivity contribution in [1.29, 1.82) is 5.26 Å². The Morgan fingerprint density at radius 1 is 0.964 bits per heavy atom. The molecular formula is C21H16FN5O. The largest absolute Gasteiger partial charge is 0.478 e. The van der Waals surface area contributed by atoms with Crippen LogP contribution in [0.15, 0.2) is 88.1 Å². The summed E-state index contributed by atoms with van der Waals surface area (Å²) in [5.74, 6) is 5.47. The summed E-state index contributed by atoms with van der Waals surface area (Å²) in [5, 5.41) is 16.1. The lowest BCUT2D eigenvalue weighted by Crippen LogP contribution is -2.02. The van der Waals surface area contributed by atoms with Gasteiger partial charge in [-0.3, -0.25) is 0 Å². The highest BCUT2D eigenvalue weighted by Crippen LogP contribution is 2.33. The zero-order chi connectivity index (χ0) is 19.8. The molecule has 0 aliphatic rings. The number of nitriles is 1. The zero-order valence-electron chi connectivity index (χ0n) is 14.8. The number of hydrogen-bond acceptors (Lipinski definition) is 4. The first kappa shape index (κ1) is 18.7. The highest BCUT2D eigenvalue weighted by molar-refractivity contribution is 6.06. The van der Waals surface area contributed by atoms with Gasteiger partial charge in [-0.25, -0.2) is 9.38 Å². The fraction of sp³-hybridized carbons (Fsp3) is 0.0476. The predicted molar refractivity (Wildman–Crippen MR) is 105 cm³/mol. The first-order valence-corrected chi connectivity index (χ1v) is 8.37. The number of aliphatic imine (C=N–C) groups is 1. The number of nitrogens with two attached hydrogens (primary N) is 1. The minimum atomic E-state index is -0.484. The number of nitrogens with zero attached hydrogens (tertiary/aromatic N) is 4. The number of ether oxygens (including phenoxy) is 1. The van der Waals surface area contributed by atoms with Crippen LogP contribution in [0.2, 0.25) is 0 Å². The van der Waals surface area contributed by atoms with Gasteiger partial charge in [-0.2, -0.15) is 5.26 Å². The smallest absolute Gasteiger partial charge is 0.184 e. The third kappa shape index (κ3) is 4.19. The molecule has 2 N–H and O–H groups in total. The molecule has 0 aliphatic heterocycles. The molecule has 138 valence electrons. The Balaban J connectivity index is 2.16. The number of rotatable bonds is 5. The Bertz CT molecular complexity index is 1070. The molecule has 0 unspecified atom stereocenters. The van der Waals surface area contributed by atoms with Crippen LogP contribution < -0.4 is 10.6 Å². The average molecular weight is 373 g/mol. The molecular weight excluding hydrogens is 357 g/mol. The molecule has 3 aromatic carbocycles. The molecule has 0 saturated carbocycles. The van der Waals surface area contributed by atoms with Crippen molar-refractivity contribution in [3.8, 4) is 22.9 Å². The summed E-state index contributed by atoms with van der Waals surface area (Å²) in [6.07, 6.45) is 0. The van der Waals surface area contributed by atoms with Crippen molar-refractivity contribution in [2.24, 2.45) is 21.2 Å². The summed E-state index contributed by atoms with van der Waals surface area (Å²) in [4.78, 5) is 4.30. The van der Waals surface area contributed by atoms with Gasteiger partial charge in [0.05, 0.1) is 0 Å². The van der Waals surface area contributed by atoms with E-state index in [0.29, 0.717) is 11.3 Å². The number of para-hydroxylation sites is 2. The van der Waals surface area contributed by atoms with Crippen molar-refractivity contribution >= 4 is 11.5 Å². The average Bonchev–Trinajstić information content (AvgIpc) is 2.74. The van der Waals surface area contributed by atoms with E-state index in [4.69, 9.17) is 15.8 Å². The number of hydrogen-bond donors (Lipinski definition) is 1. The van der Waals surface area contributed by atoms with Gasteiger partial charge in [0.2, 0.25) is 0 Å². The van der Waals surface area contributed by atoms with Gasteiger partial charge < -0.3 is 10.6 Å². The normalized spacial score (nSPS) is 11.4. The molecule has 7 heteroatoms. The summed E-state index contributed by atoms with van der Waals surface area (Å²) >= 11 is 0. The Morgan fingerprint density at radius 2 is 1.64 bits per heavy atom. The minimum absolute atomic E-state index is 0.0855. The molecule has 0 aliphatic carbocycles. The van der Waals surface area contributed by atoms with Gasteiger partial charge >= 0.3 is 0 Å². The second-order valence-corrected chi connectivity index (χ2v) is 5.59. The van der Waals surface area contributed by atoms with Crippen LogP contribution in [-0.4, -0.2) is 12.4 Å². The summed E-state index contributed by atoms with van der Waals surface area (Å²) in [6.45, 7) is -0.0855. The van der Waals surface area contributed by atoms with Gasteiger partial charge in [-0.1, -0.05) is 59.8 Å². The van der Waals surface area contributed by atoms with Gasteiger partial charge in [0.15, 0.2) is 12.4 Å². The van der Waals surface area contributed by atoms with E-state index in [-0.39, 0.29) is 18.1 Å². The van der Waals surface area contributed by atoms with Gasteiger partial charge in [0.25, 0.3) is 0 Å². The number of halogens is 1. The maximum atomic E-state index is 14.1. The maximum absolute atomic E-state index is 14.1. The van der Waals surface area contributed by atoms with Crippen molar-refractivity contribution in [3.63, 3.8) is 0 Å². The molecule has 0 spiro atoms. The van der Waals surface area contributed by atoms with Crippen molar-refractivity contribution in [3.05, 3.63) is 84.2 Å². The Hall–Kier alpha value is -4.05. The molecule has 0 bridgehead atoms. The molecule has 0 amide bonds. The van der Waals surface area contributed by atoms with Crippen LogP contribution >= 0.6 is 0 Å². The summed E-state index contributed by atoms with van der Waals surface area (Å²) < 4.78 is 19.6. The van der Waals surface area contributed by atoms with Crippen LogP contribution in [0.3, 0.4) is 0 Å². The Labute approximate surface area is 161 Å². The molecule has 0 aromatic heterocycles. The molecule has 0 radical (unpaired) electrons. The van der Waals surface area contributed by atoms with Crippen LogP contribution in [0.4, 0.5) is 10.1 Å². The molecule has 0 atom stereocenters. The van der Waals surface area contributed by atoms with E-state index in [0.717, 1.165) is 11.1 Å². The van der Waals surface area contributed by atoms with Gasteiger partial charge in [0, 0.05) is 11.1 Å². The minimum Gasteiger partial charge on any atom is -0.478 e. The first-order chi connectivity index (χ1) is 13.7. The van der Waals surface area contributed by atoms with Crippen molar-refractivity contribution in [1.82, 2.24) is 0 Å². The molecule has 3 aromatic rings. The van der Waals surface area contributed by atoms with E-state index in [1.165, 1.54) is 12.1 Å². The van der Waals surface area contributed by atoms with Gasteiger partial charge in [-0.15, -0.1) is 5.11 Å². The molecule has 3 rings (SSSR count). The number of amidine groups is 1. The molecule has 28 heavy (non-hydrogen) atoms. The van der Waals surface area contributed by atoms with Crippen LogP contribution in [0.5, 0.6) is 5.75 Å². The first-order valence-electron chi connectivity index (χ1n) is 8.37. The molecule has 0 fully saturated rings. The standard InChI is InChI=1S/C21H16FN5O/c22-18-10-4-5-11-19(18)25-21(26-27-24)17-9-2-1-7-15(17)16-8-3-6-12-20(16)28-14-13-23/h1-12H,14H2,(H2,24,25,26). The van der Waals surface area contributed by atoms with E-state index in [2.05, 4.69) is 15.3 Å². The Morgan fingerprint density at radius 3 is 2.39 bits per heavy atom. The van der Waals surface area contributed by atoms with E-state index >= 15 is 0 Å². The van der Waals surface area contributed by atoms with E-state index in [1.54, 1.807) is 30.3 Å². The highest BCUT2D eigenvalue weighted by atomic mass is 19.1. The summed E-state index contributed by atoms with van der Waals surface area (Å²) in [6, 6.07) is 22.6. The van der Waals surface area contributed by atoms with E-state index in [1.807, 2.05) is 36.4 Å². The zero-order valence-corrected chi connectivity index (χ0v) is 14.8. The van der Waals surface area contributed by atoms with Crippen molar-refractivity contribution < 1.29 is 9.13 Å².